The van der Waals surface area contributed by atoms with E-state index < -0.39 is 17.5 Å². The first kappa shape index (κ1) is 19.5. The van der Waals surface area contributed by atoms with Gasteiger partial charge in [-0.25, -0.2) is 9.97 Å². The molecule has 0 amide bonds. The number of benzene rings is 1. The van der Waals surface area contributed by atoms with Gasteiger partial charge in [-0.15, -0.1) is 0 Å². The quantitative estimate of drug-likeness (QED) is 0.694. The van der Waals surface area contributed by atoms with Crippen molar-refractivity contribution in [2.24, 2.45) is 7.05 Å². The Hall–Kier alpha value is -2.81. The molecule has 2 N–H and O–H groups in total. The van der Waals surface area contributed by atoms with E-state index in [-0.39, 0.29) is 5.56 Å². The van der Waals surface area contributed by atoms with E-state index in [0.29, 0.717) is 28.9 Å². The number of hydrogen-bond acceptors (Lipinski definition) is 5. The van der Waals surface area contributed by atoms with Crippen molar-refractivity contribution in [3.05, 3.63) is 35.4 Å². The fourth-order valence-electron chi connectivity index (χ4n) is 3.86. The average Bonchev–Trinajstić information content (AvgIpc) is 3.17. The van der Waals surface area contributed by atoms with Gasteiger partial charge in [0, 0.05) is 19.6 Å². The minimum absolute atomic E-state index is 0.269. The molecule has 0 spiro atoms. The van der Waals surface area contributed by atoms with Gasteiger partial charge in [-0.2, -0.15) is 13.2 Å². The number of pyridine rings is 1. The largest absolute Gasteiger partial charge is 0.507 e. The lowest BCUT2D eigenvalue weighted by atomic mass is 10.0. The number of phenols is 1. The zero-order valence-corrected chi connectivity index (χ0v) is 16.4. The smallest absolute Gasteiger partial charge is 0.416 e. The maximum atomic E-state index is 13.0. The number of aryl methyl sites for hydroxylation is 2. The molecule has 0 radical (unpaired) electrons. The zero-order chi connectivity index (χ0) is 20.9. The first-order chi connectivity index (χ1) is 13.6. The Morgan fingerprint density at radius 2 is 1.93 bits per heavy atom. The van der Waals surface area contributed by atoms with Crippen LogP contribution in [0.1, 0.15) is 17.5 Å². The van der Waals surface area contributed by atoms with Gasteiger partial charge in [-0.1, -0.05) is 0 Å². The molecule has 154 valence electrons. The highest BCUT2D eigenvalue weighted by Crippen LogP contribution is 2.39. The van der Waals surface area contributed by atoms with Crippen molar-refractivity contribution in [1.82, 2.24) is 19.4 Å². The van der Waals surface area contributed by atoms with Gasteiger partial charge in [0.25, 0.3) is 0 Å². The number of nitrogens with zero attached hydrogens (tertiary/aromatic N) is 4. The van der Waals surface area contributed by atoms with Crippen molar-refractivity contribution in [2.45, 2.75) is 25.6 Å². The molecule has 4 rings (SSSR count). The highest BCUT2D eigenvalue weighted by Gasteiger charge is 2.32. The monoisotopic (exact) mass is 405 g/mol. The number of halogens is 3. The SMILES string of the molecule is Cc1cc(C(F)(F)F)cc(O)c1-c1nc2nc(N[C@@H]3CCN(C)C3)ccc2n1C. The van der Waals surface area contributed by atoms with E-state index in [2.05, 4.69) is 27.2 Å². The summed E-state index contributed by atoms with van der Waals surface area (Å²) in [5, 5.41) is 13.7. The van der Waals surface area contributed by atoms with Crippen LogP contribution in [0, 0.1) is 6.92 Å². The summed E-state index contributed by atoms with van der Waals surface area (Å²) in [4.78, 5) is 11.3. The van der Waals surface area contributed by atoms with Crippen LogP contribution < -0.4 is 5.32 Å². The number of rotatable bonds is 3. The van der Waals surface area contributed by atoms with Crippen LogP contribution in [0.2, 0.25) is 0 Å². The van der Waals surface area contributed by atoms with Crippen LogP contribution >= 0.6 is 0 Å². The van der Waals surface area contributed by atoms with Crippen molar-refractivity contribution in [3.8, 4) is 17.1 Å². The summed E-state index contributed by atoms with van der Waals surface area (Å²) in [5.41, 5.74) is 0.875. The molecule has 29 heavy (non-hydrogen) atoms. The predicted molar refractivity (Wildman–Crippen MR) is 105 cm³/mol. The number of aromatic nitrogens is 3. The van der Waals surface area contributed by atoms with Crippen LogP contribution in [0.5, 0.6) is 5.75 Å². The minimum atomic E-state index is -4.52. The van der Waals surface area contributed by atoms with Crippen molar-refractivity contribution in [3.63, 3.8) is 0 Å². The average molecular weight is 405 g/mol. The summed E-state index contributed by atoms with van der Waals surface area (Å²) < 4.78 is 40.8. The van der Waals surface area contributed by atoms with Crippen molar-refractivity contribution in [1.29, 1.82) is 0 Å². The van der Waals surface area contributed by atoms with Gasteiger partial charge >= 0.3 is 6.18 Å². The Bertz CT molecular complexity index is 1050. The van der Waals surface area contributed by atoms with Gasteiger partial charge < -0.3 is 19.9 Å². The van der Waals surface area contributed by atoms with E-state index in [1.807, 2.05) is 12.1 Å². The van der Waals surface area contributed by atoms with Crippen molar-refractivity contribution < 1.29 is 18.3 Å². The molecule has 1 aliphatic rings. The van der Waals surface area contributed by atoms with Gasteiger partial charge in [-0.05, 0) is 56.8 Å². The van der Waals surface area contributed by atoms with Crippen molar-refractivity contribution in [2.75, 3.05) is 25.5 Å². The molecule has 1 atom stereocenters. The molecular formula is C20H22F3N5O. The fourth-order valence-corrected chi connectivity index (χ4v) is 3.86. The number of phenolic OH excluding ortho intramolecular Hbond substituents is 1. The summed E-state index contributed by atoms with van der Waals surface area (Å²) in [6.07, 6.45) is -3.49. The van der Waals surface area contributed by atoms with E-state index in [4.69, 9.17) is 0 Å². The maximum Gasteiger partial charge on any atom is 0.416 e. The Morgan fingerprint density at radius 1 is 1.17 bits per heavy atom. The van der Waals surface area contributed by atoms with Gasteiger partial charge in [0.15, 0.2) is 5.65 Å². The lowest BCUT2D eigenvalue weighted by molar-refractivity contribution is -0.137. The molecule has 1 aliphatic heterocycles. The Labute approximate surface area is 166 Å². The second-order valence-corrected chi connectivity index (χ2v) is 7.61. The topological polar surface area (TPSA) is 66.2 Å². The fraction of sp³-hybridized carbons (Fsp3) is 0.400. The van der Waals surface area contributed by atoms with Crippen molar-refractivity contribution >= 4 is 17.0 Å². The van der Waals surface area contributed by atoms with E-state index in [1.165, 1.54) is 6.92 Å². The third-order valence-electron chi connectivity index (χ3n) is 5.35. The number of likely N-dealkylation sites (tertiary alicyclic amines) is 1. The molecule has 1 saturated heterocycles. The number of nitrogens with one attached hydrogen (secondary N) is 1. The molecule has 9 heteroatoms. The molecule has 1 aromatic carbocycles. The molecule has 6 nitrogen and oxygen atoms in total. The third-order valence-corrected chi connectivity index (χ3v) is 5.35. The summed E-state index contributed by atoms with van der Waals surface area (Å²) in [6, 6.07) is 5.81. The molecule has 3 heterocycles. The minimum Gasteiger partial charge on any atom is -0.507 e. The first-order valence-electron chi connectivity index (χ1n) is 9.33. The number of aromatic hydroxyl groups is 1. The molecule has 0 bridgehead atoms. The Balaban J connectivity index is 1.72. The van der Waals surface area contributed by atoms with Crippen LogP contribution in [-0.4, -0.2) is 50.7 Å². The van der Waals surface area contributed by atoms with E-state index in [9.17, 15) is 18.3 Å². The normalized spacial score (nSPS) is 17.9. The van der Waals surface area contributed by atoms with Crippen LogP contribution in [0.3, 0.4) is 0 Å². The summed E-state index contributed by atoms with van der Waals surface area (Å²) in [6.45, 7) is 3.49. The predicted octanol–water partition coefficient (Wildman–Crippen LogP) is 3.78. The van der Waals surface area contributed by atoms with Crippen LogP contribution in [-0.2, 0) is 13.2 Å². The standard InChI is InChI=1S/C20H22F3N5O/c1-11-8-12(20(21,22)23)9-15(29)17(11)19-26-18-14(28(19)3)4-5-16(25-18)24-13-6-7-27(2)10-13/h4-5,8-9,13,29H,6-7,10H2,1-3H3,(H,24,25)/t13-/m1/s1. The lowest BCUT2D eigenvalue weighted by Gasteiger charge is -2.13. The summed E-state index contributed by atoms with van der Waals surface area (Å²) >= 11 is 0. The second-order valence-electron chi connectivity index (χ2n) is 7.61. The molecule has 0 aliphatic carbocycles. The highest BCUT2D eigenvalue weighted by atomic mass is 19.4. The number of anilines is 1. The summed E-state index contributed by atoms with van der Waals surface area (Å²) in [5.74, 6) is 0.618. The molecule has 3 aromatic rings. The van der Waals surface area contributed by atoms with Gasteiger partial charge in [0.2, 0.25) is 0 Å². The van der Waals surface area contributed by atoms with Crippen LogP contribution in [0.4, 0.5) is 19.0 Å². The molecule has 1 fully saturated rings. The van der Waals surface area contributed by atoms with Crippen LogP contribution in [0.15, 0.2) is 24.3 Å². The molecule has 0 saturated carbocycles. The van der Waals surface area contributed by atoms with E-state index in [0.717, 1.165) is 37.2 Å². The summed E-state index contributed by atoms with van der Waals surface area (Å²) in [7, 11) is 3.82. The number of imidazole rings is 1. The van der Waals surface area contributed by atoms with Gasteiger partial charge in [-0.3, -0.25) is 0 Å². The number of hydrogen-bond donors (Lipinski definition) is 2. The first-order valence-corrected chi connectivity index (χ1v) is 9.33. The van der Waals surface area contributed by atoms with E-state index in [1.54, 1.807) is 11.6 Å². The maximum absolute atomic E-state index is 13.0. The number of fused-ring (bicyclic) bond motifs is 1. The third kappa shape index (κ3) is 3.62. The van der Waals surface area contributed by atoms with Gasteiger partial charge in [0.05, 0.1) is 16.6 Å². The highest BCUT2D eigenvalue weighted by molar-refractivity contribution is 5.81. The van der Waals surface area contributed by atoms with Crippen LogP contribution in [0.25, 0.3) is 22.6 Å². The zero-order valence-electron chi connectivity index (χ0n) is 16.4. The Kier molecular flexibility index (Phi) is 4.65. The second kappa shape index (κ2) is 6.91. The Morgan fingerprint density at radius 3 is 2.55 bits per heavy atom. The number of alkyl halides is 3. The molecular weight excluding hydrogens is 383 g/mol. The van der Waals surface area contributed by atoms with E-state index >= 15 is 0 Å². The lowest BCUT2D eigenvalue weighted by Crippen LogP contribution is -2.23. The number of likely N-dealkylation sites (N-methyl/N-ethyl adjacent to an activating group) is 1. The molecule has 2 aromatic heterocycles. The van der Waals surface area contributed by atoms with Gasteiger partial charge in [0.1, 0.15) is 17.4 Å². The molecule has 0 unspecified atom stereocenters.